The molecule has 4 heteroatoms. The Labute approximate surface area is 110 Å². The molecule has 1 nitrogen and oxygen atoms in total. The molecule has 0 radical (unpaired) electrons. The van der Waals surface area contributed by atoms with Crippen LogP contribution < -0.4 is 5.32 Å². The van der Waals surface area contributed by atoms with E-state index in [4.69, 9.17) is 0 Å². The molecule has 0 spiro atoms. The molecule has 0 saturated carbocycles. The van der Waals surface area contributed by atoms with Crippen molar-refractivity contribution in [1.82, 2.24) is 0 Å². The molecule has 19 heavy (non-hydrogen) atoms. The number of anilines is 1. The summed E-state index contributed by atoms with van der Waals surface area (Å²) >= 11 is 0. The average Bonchev–Trinajstić information content (AvgIpc) is 2.36. The predicted molar refractivity (Wildman–Crippen MR) is 69.5 cm³/mol. The van der Waals surface area contributed by atoms with Crippen LogP contribution in [0.2, 0.25) is 0 Å². The van der Waals surface area contributed by atoms with Gasteiger partial charge in [0.2, 0.25) is 0 Å². The lowest BCUT2D eigenvalue weighted by Crippen LogP contribution is -2.10. The minimum absolute atomic E-state index is 0.240. The van der Waals surface area contributed by atoms with Crippen LogP contribution in [0.4, 0.5) is 18.9 Å². The number of aryl methyl sites for hydroxylation is 1. The highest BCUT2D eigenvalue weighted by atomic mass is 19.2. The number of rotatable bonds is 3. The van der Waals surface area contributed by atoms with Crippen LogP contribution in [0.15, 0.2) is 36.4 Å². The van der Waals surface area contributed by atoms with Gasteiger partial charge < -0.3 is 5.32 Å². The van der Waals surface area contributed by atoms with E-state index >= 15 is 0 Å². The molecule has 0 aliphatic rings. The van der Waals surface area contributed by atoms with Crippen LogP contribution in [-0.4, -0.2) is 0 Å². The van der Waals surface area contributed by atoms with Crippen LogP contribution in [0.25, 0.3) is 0 Å². The monoisotopic (exact) mass is 265 g/mol. The van der Waals surface area contributed by atoms with Gasteiger partial charge in [0.05, 0.1) is 6.04 Å². The molecule has 1 N–H and O–H groups in total. The Kier molecular flexibility index (Phi) is 3.79. The van der Waals surface area contributed by atoms with Crippen LogP contribution >= 0.6 is 0 Å². The molecule has 0 saturated heterocycles. The number of benzene rings is 2. The summed E-state index contributed by atoms with van der Waals surface area (Å²) in [7, 11) is 0. The highest BCUT2D eigenvalue weighted by Crippen LogP contribution is 2.25. The molecule has 0 bridgehead atoms. The second-order valence-electron chi connectivity index (χ2n) is 4.47. The molecular weight excluding hydrogens is 251 g/mol. The molecule has 1 atom stereocenters. The molecule has 0 fully saturated rings. The van der Waals surface area contributed by atoms with Crippen LogP contribution in [0.5, 0.6) is 0 Å². The number of hydrogen-bond acceptors (Lipinski definition) is 1. The van der Waals surface area contributed by atoms with E-state index in [1.807, 2.05) is 0 Å². The third-order valence-electron chi connectivity index (χ3n) is 3.01. The van der Waals surface area contributed by atoms with Crippen molar-refractivity contribution in [2.45, 2.75) is 19.9 Å². The summed E-state index contributed by atoms with van der Waals surface area (Å²) in [6.45, 7) is 3.47. The minimum atomic E-state index is -0.873. The van der Waals surface area contributed by atoms with E-state index in [0.29, 0.717) is 11.3 Å². The van der Waals surface area contributed by atoms with Crippen molar-refractivity contribution in [2.75, 3.05) is 5.32 Å². The van der Waals surface area contributed by atoms with Crippen molar-refractivity contribution >= 4 is 5.69 Å². The molecule has 0 amide bonds. The smallest absolute Gasteiger partial charge is 0.164 e. The maximum atomic E-state index is 13.6. The summed E-state index contributed by atoms with van der Waals surface area (Å²) < 4.78 is 39.8. The predicted octanol–water partition coefficient (Wildman–Crippen LogP) is 4.59. The van der Waals surface area contributed by atoms with Gasteiger partial charge in [-0.15, -0.1) is 0 Å². The van der Waals surface area contributed by atoms with E-state index < -0.39 is 17.7 Å². The first-order valence-electron chi connectivity index (χ1n) is 5.95. The second-order valence-corrected chi connectivity index (χ2v) is 4.47. The topological polar surface area (TPSA) is 12.0 Å². The Bertz CT molecular complexity index is 596. The lowest BCUT2D eigenvalue weighted by atomic mass is 10.1. The first-order chi connectivity index (χ1) is 8.99. The third-order valence-corrected chi connectivity index (χ3v) is 3.01. The van der Waals surface area contributed by atoms with Gasteiger partial charge in [0.1, 0.15) is 5.82 Å². The van der Waals surface area contributed by atoms with Crippen LogP contribution in [0.1, 0.15) is 24.1 Å². The summed E-state index contributed by atoms with van der Waals surface area (Å²) in [5.41, 5.74) is 1.64. The van der Waals surface area contributed by atoms with Gasteiger partial charge in [-0.3, -0.25) is 0 Å². The molecule has 0 aromatic heterocycles. The van der Waals surface area contributed by atoms with Gasteiger partial charge in [-0.1, -0.05) is 12.1 Å². The summed E-state index contributed by atoms with van der Waals surface area (Å²) in [6.07, 6.45) is 0. The van der Waals surface area contributed by atoms with E-state index in [1.54, 1.807) is 19.9 Å². The molecule has 0 aliphatic heterocycles. The Balaban J connectivity index is 2.25. The lowest BCUT2D eigenvalue weighted by molar-refractivity contribution is 0.494. The van der Waals surface area contributed by atoms with E-state index in [1.165, 1.54) is 24.3 Å². The zero-order valence-corrected chi connectivity index (χ0v) is 10.7. The SMILES string of the molecule is Cc1cc(F)ccc1NC(C)c1cccc(F)c1F. The summed E-state index contributed by atoms with van der Waals surface area (Å²) in [5.74, 6) is -2.06. The molecule has 2 aromatic carbocycles. The lowest BCUT2D eigenvalue weighted by Gasteiger charge is -2.18. The molecular formula is C15H14F3N. The molecule has 100 valence electrons. The standard InChI is InChI=1S/C15H14F3N/c1-9-8-11(16)6-7-14(9)19-10(2)12-4-3-5-13(17)15(12)18/h3-8,10,19H,1-2H3. The van der Waals surface area contributed by atoms with Crippen molar-refractivity contribution in [3.63, 3.8) is 0 Å². The fraction of sp³-hybridized carbons (Fsp3) is 0.200. The van der Waals surface area contributed by atoms with E-state index in [9.17, 15) is 13.2 Å². The van der Waals surface area contributed by atoms with Gasteiger partial charge >= 0.3 is 0 Å². The van der Waals surface area contributed by atoms with Gasteiger partial charge in [0.15, 0.2) is 11.6 Å². The molecule has 0 heterocycles. The van der Waals surface area contributed by atoms with Crippen LogP contribution in [0, 0.1) is 24.4 Å². The second kappa shape index (κ2) is 5.34. The van der Waals surface area contributed by atoms with Crippen LogP contribution in [0.3, 0.4) is 0 Å². The number of nitrogens with one attached hydrogen (secondary N) is 1. The van der Waals surface area contributed by atoms with Gasteiger partial charge in [-0.25, -0.2) is 13.2 Å². The van der Waals surface area contributed by atoms with Crippen molar-refractivity contribution < 1.29 is 13.2 Å². The fourth-order valence-electron chi connectivity index (χ4n) is 1.95. The zero-order chi connectivity index (χ0) is 14.0. The van der Waals surface area contributed by atoms with Gasteiger partial charge in [-0.2, -0.15) is 0 Å². The largest absolute Gasteiger partial charge is 0.378 e. The summed E-state index contributed by atoms with van der Waals surface area (Å²) in [6, 6.07) is 7.94. The zero-order valence-electron chi connectivity index (χ0n) is 10.7. The number of hydrogen-bond donors (Lipinski definition) is 1. The third kappa shape index (κ3) is 2.89. The van der Waals surface area contributed by atoms with Crippen molar-refractivity contribution in [3.8, 4) is 0 Å². The van der Waals surface area contributed by atoms with E-state index in [-0.39, 0.29) is 11.4 Å². The summed E-state index contributed by atoms with van der Waals surface area (Å²) in [4.78, 5) is 0. The van der Waals surface area contributed by atoms with E-state index in [0.717, 1.165) is 6.07 Å². The van der Waals surface area contributed by atoms with Gasteiger partial charge in [-0.05, 0) is 43.7 Å². The first kappa shape index (κ1) is 13.5. The quantitative estimate of drug-likeness (QED) is 0.856. The summed E-state index contributed by atoms with van der Waals surface area (Å²) in [5, 5.41) is 3.05. The Morgan fingerprint density at radius 3 is 2.47 bits per heavy atom. The van der Waals surface area contributed by atoms with Crippen LogP contribution in [-0.2, 0) is 0 Å². The van der Waals surface area contributed by atoms with Crippen molar-refractivity contribution in [3.05, 3.63) is 65.0 Å². The molecule has 2 rings (SSSR count). The normalized spacial score (nSPS) is 12.3. The maximum Gasteiger partial charge on any atom is 0.164 e. The Morgan fingerprint density at radius 1 is 1.05 bits per heavy atom. The average molecular weight is 265 g/mol. The first-order valence-corrected chi connectivity index (χ1v) is 5.95. The van der Waals surface area contributed by atoms with Crippen molar-refractivity contribution in [2.24, 2.45) is 0 Å². The van der Waals surface area contributed by atoms with E-state index in [2.05, 4.69) is 5.32 Å². The van der Waals surface area contributed by atoms with Gasteiger partial charge in [0.25, 0.3) is 0 Å². The fourth-order valence-corrected chi connectivity index (χ4v) is 1.95. The molecule has 2 aromatic rings. The minimum Gasteiger partial charge on any atom is -0.378 e. The highest BCUT2D eigenvalue weighted by Gasteiger charge is 2.14. The molecule has 1 unspecified atom stereocenters. The number of halogens is 3. The Morgan fingerprint density at radius 2 is 1.79 bits per heavy atom. The van der Waals surface area contributed by atoms with Crippen molar-refractivity contribution in [1.29, 1.82) is 0 Å². The highest BCUT2D eigenvalue weighted by molar-refractivity contribution is 5.52. The Hall–Kier alpha value is -1.97. The van der Waals surface area contributed by atoms with Gasteiger partial charge in [0, 0.05) is 11.3 Å². The maximum absolute atomic E-state index is 13.6. The molecule has 0 aliphatic carbocycles.